The standard InChI is InChI=1S/C32H39FN4O6/c1-21(38)34(2)20-30(39)22-5-9-24(10-6-22)43-16-4-3-11-35-12-14-36(15-13-35)29-18-28-25(17-27(29)33)31(40)26(32(41)42)19-37(28)23-7-8-23/h5-6,9-10,17-19,23,30,39H,3-4,7-8,11-16,20H2,1-2H3,(H,41,42)/t30-/m0/s1. The Bertz CT molecular complexity index is 1530. The van der Waals surface area contributed by atoms with Gasteiger partial charge in [0.15, 0.2) is 0 Å². The first kappa shape index (κ1) is 30.5. The number of rotatable bonds is 12. The molecular formula is C32H39FN4O6. The SMILES string of the molecule is CC(=O)N(C)C[C@H](O)c1ccc(OCCCCN2CCN(c3cc4c(cc3F)c(=O)c(C(=O)O)cn4C3CC3)CC2)cc1. The molecule has 2 aliphatic rings. The van der Waals surface area contributed by atoms with Crippen molar-refractivity contribution in [1.82, 2.24) is 14.4 Å². The summed E-state index contributed by atoms with van der Waals surface area (Å²) in [6.07, 6.45) is 4.31. The van der Waals surface area contributed by atoms with Crippen LogP contribution in [0.15, 0.2) is 47.4 Å². The molecule has 2 fully saturated rings. The van der Waals surface area contributed by atoms with Crippen LogP contribution in [0.3, 0.4) is 0 Å². The smallest absolute Gasteiger partial charge is 0.341 e. The number of pyridine rings is 1. The van der Waals surface area contributed by atoms with Crippen LogP contribution >= 0.6 is 0 Å². The minimum atomic E-state index is -1.30. The van der Waals surface area contributed by atoms with Crippen LogP contribution in [-0.4, -0.2) is 89.4 Å². The summed E-state index contributed by atoms with van der Waals surface area (Å²) in [4.78, 5) is 41.6. The second kappa shape index (κ2) is 13.1. The van der Waals surface area contributed by atoms with Gasteiger partial charge in [0.2, 0.25) is 11.3 Å². The van der Waals surface area contributed by atoms with Gasteiger partial charge in [0.05, 0.1) is 30.5 Å². The Morgan fingerprint density at radius 3 is 2.42 bits per heavy atom. The van der Waals surface area contributed by atoms with Gasteiger partial charge in [0, 0.05) is 57.8 Å². The third-order valence-corrected chi connectivity index (χ3v) is 8.37. The average Bonchev–Trinajstić information content (AvgIpc) is 3.83. The first-order chi connectivity index (χ1) is 20.6. The van der Waals surface area contributed by atoms with Crippen LogP contribution in [0.2, 0.25) is 0 Å². The number of likely N-dealkylation sites (N-methyl/N-ethyl adjacent to an activating group) is 1. The first-order valence-electron chi connectivity index (χ1n) is 14.8. The van der Waals surface area contributed by atoms with Gasteiger partial charge in [-0.1, -0.05) is 12.1 Å². The van der Waals surface area contributed by atoms with E-state index in [1.165, 1.54) is 24.1 Å². The summed E-state index contributed by atoms with van der Waals surface area (Å²) in [6, 6.07) is 10.3. The summed E-state index contributed by atoms with van der Waals surface area (Å²) in [5, 5.41) is 19.9. The average molecular weight is 595 g/mol. The van der Waals surface area contributed by atoms with Crippen molar-refractivity contribution in [3.8, 4) is 5.75 Å². The number of hydrogen-bond acceptors (Lipinski definition) is 7. The fourth-order valence-corrected chi connectivity index (χ4v) is 5.53. The molecule has 0 unspecified atom stereocenters. The van der Waals surface area contributed by atoms with Crippen LogP contribution in [-0.2, 0) is 4.79 Å². The van der Waals surface area contributed by atoms with Gasteiger partial charge in [0.1, 0.15) is 17.1 Å². The molecule has 0 radical (unpaired) electrons. The molecule has 1 amide bonds. The third kappa shape index (κ3) is 7.17. The zero-order chi connectivity index (χ0) is 30.7. The van der Waals surface area contributed by atoms with Crippen LogP contribution < -0.4 is 15.1 Å². The Labute approximate surface area is 249 Å². The minimum Gasteiger partial charge on any atom is -0.494 e. The van der Waals surface area contributed by atoms with Crippen molar-refractivity contribution in [1.29, 1.82) is 0 Å². The number of carbonyl (C=O) groups excluding carboxylic acids is 1. The molecule has 0 bridgehead atoms. The number of fused-ring (bicyclic) bond motifs is 1. The van der Waals surface area contributed by atoms with E-state index in [4.69, 9.17) is 4.74 Å². The van der Waals surface area contributed by atoms with Crippen LogP contribution in [0.1, 0.15) is 60.7 Å². The molecule has 230 valence electrons. The molecule has 1 aliphatic heterocycles. The Morgan fingerprint density at radius 1 is 1.09 bits per heavy atom. The predicted octanol–water partition coefficient (Wildman–Crippen LogP) is 3.67. The lowest BCUT2D eigenvalue weighted by Gasteiger charge is -2.36. The second-order valence-electron chi connectivity index (χ2n) is 11.5. The van der Waals surface area contributed by atoms with Crippen molar-refractivity contribution in [2.75, 3.05) is 57.8 Å². The number of aromatic carboxylic acids is 1. The summed E-state index contributed by atoms with van der Waals surface area (Å²) in [5.41, 5.74) is 0.787. The van der Waals surface area contributed by atoms with Crippen LogP contribution in [0.4, 0.5) is 10.1 Å². The van der Waals surface area contributed by atoms with Gasteiger partial charge in [-0.2, -0.15) is 0 Å². The molecule has 1 saturated carbocycles. The molecule has 10 nitrogen and oxygen atoms in total. The molecular weight excluding hydrogens is 555 g/mol. The van der Waals surface area contributed by atoms with Crippen molar-refractivity contribution >= 4 is 28.5 Å². The Kier molecular flexibility index (Phi) is 9.31. The number of benzene rings is 2. The largest absolute Gasteiger partial charge is 0.494 e. The Morgan fingerprint density at radius 2 is 1.79 bits per heavy atom. The van der Waals surface area contributed by atoms with Crippen molar-refractivity contribution in [3.05, 3.63) is 69.8 Å². The molecule has 11 heteroatoms. The van der Waals surface area contributed by atoms with Gasteiger partial charge in [-0.05, 0) is 62.1 Å². The van der Waals surface area contributed by atoms with E-state index in [-0.39, 0.29) is 29.4 Å². The summed E-state index contributed by atoms with van der Waals surface area (Å²) < 4.78 is 22.9. The highest BCUT2D eigenvalue weighted by molar-refractivity contribution is 5.93. The van der Waals surface area contributed by atoms with Crippen molar-refractivity contribution in [2.45, 2.75) is 44.8 Å². The molecule has 2 aromatic carbocycles. The van der Waals surface area contributed by atoms with E-state index in [2.05, 4.69) is 4.90 Å². The van der Waals surface area contributed by atoms with Crippen molar-refractivity contribution in [2.24, 2.45) is 0 Å². The number of aromatic nitrogens is 1. The van der Waals surface area contributed by atoms with E-state index in [0.717, 1.165) is 56.6 Å². The van der Waals surface area contributed by atoms with Gasteiger partial charge in [-0.3, -0.25) is 14.5 Å². The number of carbonyl (C=O) groups is 2. The number of aliphatic hydroxyl groups excluding tert-OH is 1. The normalized spacial score (nSPS) is 16.3. The summed E-state index contributed by atoms with van der Waals surface area (Å²) >= 11 is 0. The monoisotopic (exact) mass is 594 g/mol. The number of halogens is 1. The second-order valence-corrected chi connectivity index (χ2v) is 11.5. The van der Waals surface area contributed by atoms with Gasteiger partial charge in [0.25, 0.3) is 0 Å². The summed E-state index contributed by atoms with van der Waals surface area (Å²) in [5.74, 6) is -1.17. The van der Waals surface area contributed by atoms with E-state index in [9.17, 15) is 24.6 Å². The van der Waals surface area contributed by atoms with Crippen LogP contribution in [0.25, 0.3) is 10.9 Å². The van der Waals surface area contributed by atoms with Gasteiger partial charge >= 0.3 is 5.97 Å². The highest BCUT2D eigenvalue weighted by atomic mass is 19.1. The van der Waals surface area contributed by atoms with Crippen molar-refractivity contribution < 1.29 is 28.9 Å². The van der Waals surface area contributed by atoms with Gasteiger partial charge in [-0.15, -0.1) is 0 Å². The molecule has 2 heterocycles. The number of anilines is 1. The van der Waals surface area contributed by atoms with Crippen molar-refractivity contribution in [3.63, 3.8) is 0 Å². The number of piperazine rings is 1. The maximum absolute atomic E-state index is 15.2. The Hall–Kier alpha value is -3.96. The molecule has 43 heavy (non-hydrogen) atoms. The molecule has 1 aromatic heterocycles. The number of unbranched alkanes of at least 4 members (excludes halogenated alkanes) is 1. The lowest BCUT2D eigenvalue weighted by atomic mass is 10.1. The molecule has 0 spiro atoms. The number of aliphatic hydroxyl groups is 1. The van der Waals surface area contributed by atoms with Gasteiger partial charge < -0.3 is 29.3 Å². The molecule has 3 aromatic rings. The third-order valence-electron chi connectivity index (χ3n) is 8.37. The molecule has 5 rings (SSSR count). The van der Waals surface area contributed by atoms with E-state index in [0.29, 0.717) is 30.9 Å². The van der Waals surface area contributed by atoms with Crippen LogP contribution in [0.5, 0.6) is 5.75 Å². The lowest BCUT2D eigenvalue weighted by molar-refractivity contribution is -0.128. The van der Waals surface area contributed by atoms with Crippen LogP contribution in [0, 0.1) is 5.82 Å². The molecule has 1 atom stereocenters. The number of carboxylic acid groups (broad SMARTS) is 1. The Balaban J connectivity index is 1.09. The highest BCUT2D eigenvalue weighted by Crippen LogP contribution is 2.38. The zero-order valence-electron chi connectivity index (χ0n) is 24.7. The number of carboxylic acids is 1. The highest BCUT2D eigenvalue weighted by Gasteiger charge is 2.28. The molecule has 1 saturated heterocycles. The number of hydrogen-bond donors (Lipinski definition) is 2. The maximum Gasteiger partial charge on any atom is 0.341 e. The lowest BCUT2D eigenvalue weighted by Crippen LogP contribution is -2.47. The molecule has 2 N–H and O–H groups in total. The quantitative estimate of drug-likeness (QED) is 0.306. The van der Waals surface area contributed by atoms with Gasteiger partial charge in [-0.25, -0.2) is 9.18 Å². The summed E-state index contributed by atoms with van der Waals surface area (Å²) in [7, 11) is 1.66. The number of ether oxygens (including phenoxy) is 1. The topological polar surface area (TPSA) is 116 Å². The molecule has 1 aliphatic carbocycles. The maximum atomic E-state index is 15.2. The number of amides is 1. The fourth-order valence-electron chi connectivity index (χ4n) is 5.53. The summed E-state index contributed by atoms with van der Waals surface area (Å²) in [6.45, 7) is 6.06. The first-order valence-corrected chi connectivity index (χ1v) is 14.8. The number of nitrogens with zero attached hydrogens (tertiary/aromatic N) is 4. The predicted molar refractivity (Wildman–Crippen MR) is 161 cm³/mol. The van der Waals surface area contributed by atoms with E-state index < -0.39 is 23.3 Å². The van der Waals surface area contributed by atoms with E-state index in [1.807, 2.05) is 33.7 Å². The fraction of sp³-hybridized carbons (Fsp3) is 0.469. The van der Waals surface area contributed by atoms with E-state index in [1.54, 1.807) is 13.1 Å². The van der Waals surface area contributed by atoms with E-state index >= 15 is 4.39 Å². The minimum absolute atomic E-state index is 0.0973. The zero-order valence-corrected chi connectivity index (χ0v) is 24.7.